The van der Waals surface area contributed by atoms with Gasteiger partial charge >= 0.3 is 0 Å². The first-order chi connectivity index (χ1) is 19.8. The van der Waals surface area contributed by atoms with E-state index in [1.54, 1.807) is 29.2 Å². The van der Waals surface area contributed by atoms with Crippen LogP contribution < -0.4 is 9.47 Å². The van der Waals surface area contributed by atoms with E-state index in [2.05, 4.69) is 32.6 Å². The molecule has 1 fully saturated rings. The second-order valence-electron chi connectivity index (χ2n) is 10.6. The summed E-state index contributed by atoms with van der Waals surface area (Å²) in [5.74, 6) is 0.248. The molecule has 0 saturated carbocycles. The number of carbonyl (C=O) groups excluding carboxylic acids is 2. The van der Waals surface area contributed by atoms with E-state index in [9.17, 15) is 14.7 Å². The Balaban J connectivity index is 1.65. The zero-order valence-electron chi connectivity index (χ0n) is 24.4. The summed E-state index contributed by atoms with van der Waals surface area (Å²) in [6.07, 6.45) is 0. The summed E-state index contributed by atoms with van der Waals surface area (Å²) in [6, 6.07) is 23.5. The van der Waals surface area contributed by atoms with Gasteiger partial charge < -0.3 is 24.4 Å². The number of Topliss-reactive ketones (excluding diaryl/α,β-unsaturated/α-hetero) is 1. The van der Waals surface area contributed by atoms with E-state index in [1.165, 1.54) is 0 Å². The monoisotopic (exact) mass is 556 g/mol. The molecule has 0 bridgehead atoms. The van der Waals surface area contributed by atoms with Gasteiger partial charge in [-0.05, 0) is 66.5 Å². The van der Waals surface area contributed by atoms with Gasteiger partial charge in [-0.25, -0.2) is 0 Å². The van der Waals surface area contributed by atoms with Crippen LogP contribution in [0.25, 0.3) is 5.76 Å². The number of hydrogen-bond donors (Lipinski definition) is 1. The van der Waals surface area contributed by atoms with Gasteiger partial charge in [0.2, 0.25) is 0 Å². The molecule has 3 aromatic rings. The van der Waals surface area contributed by atoms with Crippen LogP contribution >= 0.6 is 0 Å². The van der Waals surface area contributed by atoms with Gasteiger partial charge in [0, 0.05) is 18.7 Å². The topological polar surface area (TPSA) is 79.3 Å². The minimum Gasteiger partial charge on any atom is -0.507 e. The fourth-order valence-corrected chi connectivity index (χ4v) is 4.86. The Labute approximate surface area is 243 Å². The third-order valence-corrected chi connectivity index (χ3v) is 7.25. The molecule has 0 aliphatic carbocycles. The van der Waals surface area contributed by atoms with Crippen molar-refractivity contribution in [3.05, 3.63) is 101 Å². The van der Waals surface area contributed by atoms with Gasteiger partial charge in [-0.1, -0.05) is 70.2 Å². The van der Waals surface area contributed by atoms with Crippen molar-refractivity contribution in [2.24, 2.45) is 5.92 Å². The second-order valence-corrected chi connectivity index (χ2v) is 10.6. The molecule has 0 aromatic heterocycles. The molecule has 3 aromatic carbocycles. The molecule has 1 aliphatic heterocycles. The molecule has 1 unspecified atom stereocenters. The lowest BCUT2D eigenvalue weighted by molar-refractivity contribution is -0.140. The normalized spacial score (nSPS) is 16.5. The summed E-state index contributed by atoms with van der Waals surface area (Å²) in [4.78, 5) is 30.5. The van der Waals surface area contributed by atoms with Crippen LogP contribution in [0.15, 0.2) is 84.4 Å². The van der Waals surface area contributed by atoms with Crippen molar-refractivity contribution < 1.29 is 24.2 Å². The third-order valence-electron chi connectivity index (χ3n) is 7.25. The Kier molecular flexibility index (Phi) is 10.2. The van der Waals surface area contributed by atoms with Crippen LogP contribution in [0, 0.1) is 5.92 Å². The van der Waals surface area contributed by atoms with E-state index in [4.69, 9.17) is 9.47 Å². The average molecular weight is 557 g/mol. The lowest BCUT2D eigenvalue weighted by Crippen LogP contribution is -2.38. The van der Waals surface area contributed by atoms with Gasteiger partial charge in [0.05, 0.1) is 18.2 Å². The van der Waals surface area contributed by atoms with E-state index >= 15 is 0 Å². The van der Waals surface area contributed by atoms with Gasteiger partial charge in [-0.2, -0.15) is 0 Å². The molecule has 7 heteroatoms. The Morgan fingerprint density at radius 3 is 2.10 bits per heavy atom. The number of aliphatic hydroxyl groups excluding tert-OH is 1. The molecule has 0 spiro atoms. The highest BCUT2D eigenvalue weighted by atomic mass is 16.5. The Morgan fingerprint density at radius 2 is 1.49 bits per heavy atom. The predicted molar refractivity (Wildman–Crippen MR) is 161 cm³/mol. The maximum atomic E-state index is 13.4. The fourth-order valence-electron chi connectivity index (χ4n) is 4.86. The molecule has 41 heavy (non-hydrogen) atoms. The first-order valence-electron chi connectivity index (χ1n) is 14.3. The Hall–Kier alpha value is -4.10. The van der Waals surface area contributed by atoms with Crippen molar-refractivity contribution in [2.45, 2.75) is 40.3 Å². The van der Waals surface area contributed by atoms with E-state index in [0.29, 0.717) is 49.3 Å². The Morgan fingerprint density at radius 1 is 0.878 bits per heavy atom. The summed E-state index contributed by atoms with van der Waals surface area (Å²) < 4.78 is 11.7. The number of ketones is 1. The summed E-state index contributed by atoms with van der Waals surface area (Å²) >= 11 is 0. The summed E-state index contributed by atoms with van der Waals surface area (Å²) in [5.41, 5.74) is 2.33. The second kappa shape index (κ2) is 14.0. The number of aliphatic hydroxyl groups is 1. The molecule has 1 aliphatic rings. The highest BCUT2D eigenvalue weighted by Crippen LogP contribution is 2.40. The lowest BCUT2D eigenvalue weighted by atomic mass is 9.95. The van der Waals surface area contributed by atoms with E-state index in [1.807, 2.05) is 54.6 Å². The first kappa shape index (κ1) is 29.9. The number of likely N-dealkylation sites (tertiary alicyclic amines) is 1. The molecule has 7 nitrogen and oxygen atoms in total. The van der Waals surface area contributed by atoms with Crippen molar-refractivity contribution in [1.82, 2.24) is 9.80 Å². The molecule has 1 atom stereocenters. The van der Waals surface area contributed by atoms with Gasteiger partial charge in [0.15, 0.2) is 0 Å². The molecule has 216 valence electrons. The molecule has 1 heterocycles. The molecule has 1 N–H and O–H groups in total. The van der Waals surface area contributed by atoms with Crippen LogP contribution in [0.5, 0.6) is 11.5 Å². The van der Waals surface area contributed by atoms with Gasteiger partial charge in [-0.3, -0.25) is 9.59 Å². The maximum absolute atomic E-state index is 13.4. The molecule has 1 saturated heterocycles. The number of nitrogens with zero attached hydrogens (tertiary/aromatic N) is 2. The average Bonchev–Trinajstić information content (AvgIpc) is 3.25. The number of ether oxygens (including phenoxy) is 2. The molecular weight excluding hydrogens is 516 g/mol. The Bertz CT molecular complexity index is 1330. The summed E-state index contributed by atoms with van der Waals surface area (Å²) in [6.45, 7) is 11.9. The van der Waals surface area contributed by atoms with Crippen LogP contribution in [0.3, 0.4) is 0 Å². The molecule has 4 rings (SSSR count). The number of carbonyl (C=O) groups is 2. The molecule has 0 radical (unpaired) electrons. The summed E-state index contributed by atoms with van der Waals surface area (Å²) in [7, 11) is 0. The zero-order chi connectivity index (χ0) is 29.4. The largest absolute Gasteiger partial charge is 0.507 e. The van der Waals surface area contributed by atoms with Gasteiger partial charge in [0.25, 0.3) is 11.7 Å². The third kappa shape index (κ3) is 7.35. The van der Waals surface area contributed by atoms with Crippen LogP contribution in [0.4, 0.5) is 0 Å². The van der Waals surface area contributed by atoms with E-state index < -0.39 is 17.7 Å². The minimum absolute atomic E-state index is 0.0864. The summed E-state index contributed by atoms with van der Waals surface area (Å²) in [5, 5.41) is 11.4. The lowest BCUT2D eigenvalue weighted by Gasteiger charge is -2.28. The van der Waals surface area contributed by atoms with Crippen molar-refractivity contribution in [3.8, 4) is 11.5 Å². The smallest absolute Gasteiger partial charge is 0.295 e. The van der Waals surface area contributed by atoms with Crippen LogP contribution in [-0.2, 0) is 16.2 Å². The van der Waals surface area contributed by atoms with Crippen molar-refractivity contribution in [1.29, 1.82) is 0 Å². The van der Waals surface area contributed by atoms with Gasteiger partial charge in [-0.15, -0.1) is 0 Å². The standard InChI is InChI=1S/C34H40N2O5/c1-5-35(6-2)20-21-36-31(26-12-16-29(17-13-26)41-23-25-10-8-7-9-11-25)30(33(38)34(36)39)32(37)27-14-18-28(19-15-27)40-22-24(3)4/h7-19,24,31,37H,5-6,20-23H2,1-4H3. The van der Waals surface area contributed by atoms with Crippen molar-refractivity contribution in [2.75, 3.05) is 32.8 Å². The quantitative estimate of drug-likeness (QED) is 0.157. The fraction of sp³-hybridized carbons (Fsp3) is 0.353. The zero-order valence-corrected chi connectivity index (χ0v) is 24.4. The maximum Gasteiger partial charge on any atom is 0.295 e. The van der Waals surface area contributed by atoms with Crippen molar-refractivity contribution in [3.63, 3.8) is 0 Å². The number of hydrogen-bond acceptors (Lipinski definition) is 6. The van der Waals surface area contributed by atoms with Crippen LogP contribution in [-0.4, -0.2) is 59.4 Å². The molecule has 1 amide bonds. The minimum atomic E-state index is -0.717. The highest BCUT2D eigenvalue weighted by molar-refractivity contribution is 6.46. The number of amides is 1. The van der Waals surface area contributed by atoms with Gasteiger partial charge in [0.1, 0.15) is 23.9 Å². The first-order valence-corrected chi connectivity index (χ1v) is 14.3. The van der Waals surface area contributed by atoms with E-state index in [-0.39, 0.29) is 11.3 Å². The van der Waals surface area contributed by atoms with Crippen LogP contribution in [0.1, 0.15) is 50.4 Å². The highest BCUT2D eigenvalue weighted by Gasteiger charge is 2.46. The van der Waals surface area contributed by atoms with Crippen LogP contribution in [0.2, 0.25) is 0 Å². The molecular formula is C34H40N2O5. The SMILES string of the molecule is CCN(CC)CCN1C(=O)C(=O)C(=C(O)c2ccc(OCC(C)C)cc2)C1c1ccc(OCc2ccccc2)cc1. The van der Waals surface area contributed by atoms with Crippen molar-refractivity contribution >= 4 is 17.4 Å². The number of likely N-dealkylation sites (N-methyl/N-ethyl adjacent to an activating group) is 1. The predicted octanol–water partition coefficient (Wildman–Crippen LogP) is 6.06. The number of benzene rings is 3. The number of rotatable bonds is 13. The van der Waals surface area contributed by atoms with E-state index in [0.717, 1.165) is 24.2 Å².